The molecule has 1 unspecified atom stereocenters. The van der Waals surface area contributed by atoms with Gasteiger partial charge in [0.05, 0.1) is 11.6 Å². The van der Waals surface area contributed by atoms with Gasteiger partial charge in [0.15, 0.2) is 0 Å². The third-order valence-electron chi connectivity index (χ3n) is 6.53. The lowest BCUT2D eigenvalue weighted by atomic mass is 10.0. The molecule has 0 aliphatic rings. The van der Waals surface area contributed by atoms with Gasteiger partial charge in [0.1, 0.15) is 12.4 Å². The van der Waals surface area contributed by atoms with E-state index < -0.39 is 12.1 Å². The molecule has 0 spiro atoms. The van der Waals surface area contributed by atoms with Gasteiger partial charge in [0.2, 0.25) is 5.56 Å². The molecular weight excluding hydrogens is 480 g/mol. The van der Waals surface area contributed by atoms with Gasteiger partial charge >= 0.3 is 5.97 Å². The van der Waals surface area contributed by atoms with E-state index >= 15 is 0 Å². The van der Waals surface area contributed by atoms with Gasteiger partial charge in [-0.3, -0.25) is 14.5 Å². The molecule has 38 heavy (non-hydrogen) atoms. The summed E-state index contributed by atoms with van der Waals surface area (Å²) in [6.45, 7) is 2.16. The number of aliphatic hydroxyl groups excluding tert-OH is 1. The number of benzene rings is 3. The lowest BCUT2D eigenvalue weighted by Crippen LogP contribution is -2.29. The van der Waals surface area contributed by atoms with Crippen molar-refractivity contribution >= 4 is 16.9 Å². The number of hydrogen-bond acceptors (Lipinski definition) is 5. The first-order chi connectivity index (χ1) is 18.5. The molecule has 7 nitrogen and oxygen atoms in total. The summed E-state index contributed by atoms with van der Waals surface area (Å²) in [5, 5.41) is 21.0. The lowest BCUT2D eigenvalue weighted by Gasteiger charge is -2.26. The first kappa shape index (κ1) is 27.1. The number of carboxylic acid groups (broad SMARTS) is 1. The van der Waals surface area contributed by atoms with Crippen LogP contribution >= 0.6 is 0 Å². The van der Waals surface area contributed by atoms with E-state index in [-0.39, 0.29) is 12.0 Å². The van der Waals surface area contributed by atoms with E-state index in [1.165, 1.54) is 6.07 Å². The van der Waals surface area contributed by atoms with Gasteiger partial charge in [-0.2, -0.15) is 0 Å². The maximum atomic E-state index is 12.2. The predicted molar refractivity (Wildman–Crippen MR) is 148 cm³/mol. The van der Waals surface area contributed by atoms with Crippen LogP contribution in [0.25, 0.3) is 10.9 Å². The summed E-state index contributed by atoms with van der Waals surface area (Å²) in [6.07, 6.45) is 1.66. The fourth-order valence-corrected chi connectivity index (χ4v) is 4.60. The smallest absolute Gasteiger partial charge is 0.303 e. The Labute approximate surface area is 222 Å². The Balaban J connectivity index is 1.51. The zero-order valence-electron chi connectivity index (χ0n) is 21.4. The first-order valence-corrected chi connectivity index (χ1v) is 13.0. The van der Waals surface area contributed by atoms with Gasteiger partial charge in [0, 0.05) is 31.0 Å². The largest absolute Gasteiger partial charge is 0.487 e. The van der Waals surface area contributed by atoms with Crippen molar-refractivity contribution in [1.82, 2.24) is 9.88 Å². The van der Waals surface area contributed by atoms with Crippen molar-refractivity contribution in [3.05, 3.63) is 112 Å². The van der Waals surface area contributed by atoms with Crippen LogP contribution in [0.5, 0.6) is 5.75 Å². The number of ether oxygens (including phenoxy) is 1. The Kier molecular flexibility index (Phi) is 9.67. The summed E-state index contributed by atoms with van der Waals surface area (Å²) in [5.41, 5.74) is 3.20. The molecule has 3 aromatic carbocycles. The number of unbranched alkanes of at least 4 members (excludes halogenated alkanes) is 2. The van der Waals surface area contributed by atoms with Crippen molar-refractivity contribution in [2.75, 3.05) is 13.1 Å². The Morgan fingerprint density at radius 2 is 1.58 bits per heavy atom. The van der Waals surface area contributed by atoms with Crippen LogP contribution in [-0.2, 0) is 17.9 Å². The van der Waals surface area contributed by atoms with Crippen molar-refractivity contribution in [3.63, 3.8) is 0 Å². The fraction of sp³-hybridized carbons (Fsp3) is 0.290. The van der Waals surface area contributed by atoms with Crippen LogP contribution in [0.4, 0.5) is 0 Å². The standard InChI is InChI=1S/C31H34N2O5/c34-27(21-33(19-9-3-8-14-30(36)37)20-23-10-4-1-5-11-23)25-15-17-28(31-26(25)16-18-29(35)32-31)38-22-24-12-6-2-7-13-24/h1-2,4-7,10-13,15-18,27,34H,3,8-9,14,19-22H2,(H,32,35)(H,36,37). The number of fused-ring (bicyclic) bond motifs is 1. The molecule has 0 aliphatic heterocycles. The summed E-state index contributed by atoms with van der Waals surface area (Å²) in [7, 11) is 0. The molecule has 0 fully saturated rings. The highest BCUT2D eigenvalue weighted by Gasteiger charge is 2.18. The Morgan fingerprint density at radius 3 is 2.29 bits per heavy atom. The van der Waals surface area contributed by atoms with Crippen LogP contribution in [0.15, 0.2) is 89.7 Å². The van der Waals surface area contributed by atoms with E-state index in [1.807, 2.05) is 54.6 Å². The summed E-state index contributed by atoms with van der Waals surface area (Å²) in [6, 6.07) is 26.7. The first-order valence-electron chi connectivity index (χ1n) is 13.0. The second kappa shape index (κ2) is 13.6. The molecule has 3 N–H and O–H groups in total. The molecule has 0 amide bonds. The molecule has 0 saturated carbocycles. The van der Waals surface area contributed by atoms with Crippen LogP contribution in [-0.4, -0.2) is 39.2 Å². The molecule has 4 rings (SSSR count). The second-order valence-corrected chi connectivity index (χ2v) is 9.48. The molecule has 1 heterocycles. The molecule has 0 bridgehead atoms. The molecule has 0 aliphatic carbocycles. The summed E-state index contributed by atoms with van der Waals surface area (Å²) < 4.78 is 6.04. The van der Waals surface area contributed by atoms with Crippen molar-refractivity contribution in [3.8, 4) is 5.75 Å². The molecular formula is C31H34N2O5. The van der Waals surface area contributed by atoms with Gasteiger partial charge in [-0.25, -0.2) is 0 Å². The van der Waals surface area contributed by atoms with Gasteiger partial charge in [-0.1, -0.05) is 73.2 Å². The summed E-state index contributed by atoms with van der Waals surface area (Å²) >= 11 is 0. The van der Waals surface area contributed by atoms with Crippen LogP contribution in [0.1, 0.15) is 48.5 Å². The van der Waals surface area contributed by atoms with E-state index in [1.54, 1.807) is 12.1 Å². The Morgan fingerprint density at radius 1 is 0.868 bits per heavy atom. The highest BCUT2D eigenvalue weighted by Crippen LogP contribution is 2.31. The van der Waals surface area contributed by atoms with E-state index in [0.717, 1.165) is 35.9 Å². The summed E-state index contributed by atoms with van der Waals surface area (Å²) in [5.74, 6) is -0.222. The molecule has 198 valence electrons. The number of aromatic amines is 1. The Bertz CT molecular complexity index is 1370. The number of hydrogen-bond donors (Lipinski definition) is 3. The minimum Gasteiger partial charge on any atom is -0.487 e. The predicted octanol–water partition coefficient (Wildman–Crippen LogP) is 5.29. The SMILES string of the molecule is O=C(O)CCCCCN(Cc1ccccc1)CC(O)c1ccc(OCc2ccccc2)c2[nH]c(=O)ccc12. The monoisotopic (exact) mass is 514 g/mol. The van der Waals surface area contributed by atoms with E-state index in [9.17, 15) is 14.7 Å². The number of rotatable bonds is 14. The van der Waals surface area contributed by atoms with Crippen molar-refractivity contribution in [2.24, 2.45) is 0 Å². The molecule has 0 radical (unpaired) electrons. The van der Waals surface area contributed by atoms with Crippen LogP contribution < -0.4 is 10.3 Å². The van der Waals surface area contributed by atoms with Crippen molar-refractivity contribution < 1.29 is 19.7 Å². The lowest BCUT2D eigenvalue weighted by molar-refractivity contribution is -0.137. The number of aliphatic hydroxyl groups is 1. The highest BCUT2D eigenvalue weighted by atomic mass is 16.5. The number of nitrogens with zero attached hydrogens (tertiary/aromatic N) is 1. The third-order valence-corrected chi connectivity index (χ3v) is 6.53. The number of aliphatic carboxylic acids is 1. The number of carboxylic acids is 1. The zero-order valence-corrected chi connectivity index (χ0v) is 21.4. The molecule has 1 atom stereocenters. The number of pyridine rings is 1. The van der Waals surface area contributed by atoms with Gasteiger partial charge < -0.3 is 19.9 Å². The van der Waals surface area contributed by atoms with Gasteiger partial charge in [-0.15, -0.1) is 0 Å². The van der Waals surface area contributed by atoms with Gasteiger partial charge in [0.25, 0.3) is 0 Å². The van der Waals surface area contributed by atoms with Crippen LogP contribution in [0.3, 0.4) is 0 Å². The van der Waals surface area contributed by atoms with E-state index in [4.69, 9.17) is 9.84 Å². The quantitative estimate of drug-likeness (QED) is 0.198. The topological polar surface area (TPSA) is 103 Å². The van der Waals surface area contributed by atoms with Crippen LogP contribution in [0, 0.1) is 0 Å². The highest BCUT2D eigenvalue weighted by molar-refractivity contribution is 5.87. The molecule has 4 aromatic rings. The second-order valence-electron chi connectivity index (χ2n) is 9.48. The maximum absolute atomic E-state index is 12.2. The minimum atomic E-state index is -0.797. The average Bonchev–Trinajstić information content (AvgIpc) is 2.92. The maximum Gasteiger partial charge on any atom is 0.303 e. The molecule has 0 saturated heterocycles. The normalized spacial score (nSPS) is 12.1. The number of aromatic nitrogens is 1. The van der Waals surface area contributed by atoms with E-state index in [0.29, 0.717) is 42.9 Å². The zero-order chi connectivity index (χ0) is 26.7. The fourth-order valence-electron chi connectivity index (χ4n) is 4.60. The number of carbonyl (C=O) groups is 1. The van der Waals surface area contributed by atoms with Crippen molar-refractivity contribution in [2.45, 2.75) is 44.9 Å². The molecule has 1 aromatic heterocycles. The minimum absolute atomic E-state index is 0.171. The Hall–Kier alpha value is -3.94. The summed E-state index contributed by atoms with van der Waals surface area (Å²) in [4.78, 5) is 28.1. The van der Waals surface area contributed by atoms with Crippen LogP contribution in [0.2, 0.25) is 0 Å². The molecule has 7 heteroatoms. The van der Waals surface area contributed by atoms with Crippen molar-refractivity contribution in [1.29, 1.82) is 0 Å². The number of H-pyrrole nitrogens is 1. The third kappa shape index (κ3) is 7.78. The van der Waals surface area contributed by atoms with E-state index in [2.05, 4.69) is 22.0 Å². The van der Waals surface area contributed by atoms with Gasteiger partial charge in [-0.05, 0) is 48.2 Å². The number of nitrogens with one attached hydrogen (secondary N) is 1. The average molecular weight is 515 g/mol.